The van der Waals surface area contributed by atoms with Gasteiger partial charge in [0.25, 0.3) is 5.91 Å². The molecule has 1 N–H and O–H groups in total. The largest absolute Gasteiger partial charge is 0.318 e. The van der Waals surface area contributed by atoms with Crippen LogP contribution in [-0.2, 0) is 4.79 Å². The molecule has 2 aromatic rings. The van der Waals surface area contributed by atoms with Crippen LogP contribution in [0.2, 0.25) is 5.02 Å². The predicted molar refractivity (Wildman–Crippen MR) is 91.0 cm³/mol. The quantitative estimate of drug-likeness (QED) is 0.690. The van der Waals surface area contributed by atoms with Crippen LogP contribution in [0.1, 0.15) is 28.9 Å². The van der Waals surface area contributed by atoms with Crippen molar-refractivity contribution in [1.82, 2.24) is 9.99 Å². The third-order valence-electron chi connectivity index (χ3n) is 3.58. The summed E-state index contributed by atoms with van der Waals surface area (Å²) in [4.78, 5) is 11.2. The molecule has 0 bridgehead atoms. The number of nitrogens with one attached hydrogen (secondary N) is 1. The Morgan fingerprint density at radius 1 is 1.43 bits per heavy atom. The summed E-state index contributed by atoms with van der Waals surface area (Å²) < 4.78 is 2.10. The van der Waals surface area contributed by atoms with Gasteiger partial charge in [-0.3, -0.25) is 4.79 Å². The van der Waals surface area contributed by atoms with E-state index in [1.165, 1.54) is 0 Å². The number of aromatic nitrogens is 1. The van der Waals surface area contributed by atoms with E-state index in [0.29, 0.717) is 5.02 Å². The van der Waals surface area contributed by atoms with E-state index >= 15 is 0 Å². The molecule has 0 radical (unpaired) electrons. The maximum Gasteiger partial charge on any atom is 0.254 e. The molecular formula is C17H17ClN4O. The molecule has 1 aromatic heterocycles. The first-order valence-electron chi connectivity index (χ1n) is 7.09. The standard InChI is InChI=1S/C17H17ClN4O/c1-11-9-14(10-20-21-17(23)7-8-19)13(3)22(11)16-6-4-5-15(18)12(16)2/h4-6,9-10H,7H2,1-3H3,(H,21,23). The van der Waals surface area contributed by atoms with E-state index in [2.05, 4.69) is 15.1 Å². The molecule has 0 fully saturated rings. The maximum absolute atomic E-state index is 11.2. The van der Waals surface area contributed by atoms with Crippen LogP contribution < -0.4 is 5.43 Å². The summed E-state index contributed by atoms with van der Waals surface area (Å²) in [7, 11) is 0. The van der Waals surface area contributed by atoms with Gasteiger partial charge in [-0.2, -0.15) is 10.4 Å². The summed E-state index contributed by atoms with van der Waals surface area (Å²) in [5, 5.41) is 13.0. The first-order chi connectivity index (χ1) is 11.0. The van der Waals surface area contributed by atoms with E-state index in [4.69, 9.17) is 16.9 Å². The van der Waals surface area contributed by atoms with Crippen molar-refractivity contribution in [3.05, 3.63) is 51.8 Å². The zero-order chi connectivity index (χ0) is 17.0. The minimum Gasteiger partial charge on any atom is -0.318 e. The van der Waals surface area contributed by atoms with Crippen LogP contribution in [0.3, 0.4) is 0 Å². The number of nitrogens with zero attached hydrogens (tertiary/aromatic N) is 3. The van der Waals surface area contributed by atoms with E-state index in [-0.39, 0.29) is 6.42 Å². The highest BCUT2D eigenvalue weighted by molar-refractivity contribution is 6.31. The number of aryl methyl sites for hydroxylation is 1. The SMILES string of the molecule is Cc1c(Cl)cccc1-n1c(C)cc(C=NNC(=O)CC#N)c1C. The fourth-order valence-corrected chi connectivity index (χ4v) is 2.58. The molecule has 0 spiro atoms. The molecule has 0 aliphatic heterocycles. The average Bonchev–Trinajstić information content (AvgIpc) is 2.77. The number of amides is 1. The third-order valence-corrected chi connectivity index (χ3v) is 3.99. The maximum atomic E-state index is 11.2. The molecular weight excluding hydrogens is 312 g/mol. The van der Waals surface area contributed by atoms with E-state index in [1.807, 2.05) is 45.0 Å². The molecule has 1 heterocycles. The van der Waals surface area contributed by atoms with Crippen molar-refractivity contribution >= 4 is 23.7 Å². The molecule has 0 atom stereocenters. The Hall–Kier alpha value is -2.58. The Balaban J connectivity index is 2.34. The lowest BCUT2D eigenvalue weighted by molar-refractivity contribution is -0.120. The molecule has 118 valence electrons. The van der Waals surface area contributed by atoms with E-state index in [1.54, 1.807) is 12.3 Å². The predicted octanol–water partition coefficient (Wildman–Crippen LogP) is 3.42. The zero-order valence-electron chi connectivity index (χ0n) is 13.2. The smallest absolute Gasteiger partial charge is 0.254 e. The summed E-state index contributed by atoms with van der Waals surface area (Å²) in [5.74, 6) is -0.428. The fourth-order valence-electron chi connectivity index (χ4n) is 2.41. The number of hydrogen-bond acceptors (Lipinski definition) is 3. The topological polar surface area (TPSA) is 70.2 Å². The molecule has 0 aliphatic rings. The minimum atomic E-state index is -0.428. The van der Waals surface area contributed by atoms with Crippen molar-refractivity contribution < 1.29 is 4.79 Å². The van der Waals surface area contributed by atoms with Gasteiger partial charge < -0.3 is 4.57 Å². The second-order valence-electron chi connectivity index (χ2n) is 5.17. The van der Waals surface area contributed by atoms with Crippen molar-refractivity contribution in [2.75, 3.05) is 0 Å². The van der Waals surface area contributed by atoms with Crippen LogP contribution in [0.5, 0.6) is 0 Å². The summed E-state index contributed by atoms with van der Waals surface area (Å²) >= 11 is 6.21. The Labute approximate surface area is 140 Å². The second kappa shape index (κ2) is 7.12. The van der Waals surface area contributed by atoms with Crippen molar-refractivity contribution in [2.45, 2.75) is 27.2 Å². The number of carbonyl (C=O) groups excluding carboxylic acids is 1. The van der Waals surface area contributed by atoms with Gasteiger partial charge in [-0.25, -0.2) is 5.43 Å². The van der Waals surface area contributed by atoms with Crippen molar-refractivity contribution in [1.29, 1.82) is 5.26 Å². The highest BCUT2D eigenvalue weighted by atomic mass is 35.5. The summed E-state index contributed by atoms with van der Waals surface area (Å²) in [6.45, 7) is 5.96. The van der Waals surface area contributed by atoms with Gasteiger partial charge in [0.05, 0.1) is 12.3 Å². The van der Waals surface area contributed by atoms with Crippen LogP contribution in [0, 0.1) is 32.1 Å². The monoisotopic (exact) mass is 328 g/mol. The van der Waals surface area contributed by atoms with Gasteiger partial charge in [0, 0.05) is 27.7 Å². The lowest BCUT2D eigenvalue weighted by Crippen LogP contribution is -2.16. The number of nitriles is 1. The van der Waals surface area contributed by atoms with Gasteiger partial charge >= 0.3 is 0 Å². The van der Waals surface area contributed by atoms with Crippen LogP contribution >= 0.6 is 11.6 Å². The van der Waals surface area contributed by atoms with Gasteiger partial charge in [0.1, 0.15) is 6.42 Å². The summed E-state index contributed by atoms with van der Waals surface area (Å²) in [6, 6.07) is 9.54. The first kappa shape index (κ1) is 16.8. The fraction of sp³-hybridized carbons (Fsp3) is 0.235. The van der Waals surface area contributed by atoms with Crippen molar-refractivity contribution in [3.8, 4) is 11.8 Å². The Kier molecular flexibility index (Phi) is 5.20. The van der Waals surface area contributed by atoms with E-state index in [0.717, 1.165) is 28.2 Å². The molecule has 23 heavy (non-hydrogen) atoms. The number of benzene rings is 1. The number of rotatable bonds is 4. The van der Waals surface area contributed by atoms with Crippen LogP contribution in [0.15, 0.2) is 29.4 Å². The molecule has 1 aromatic carbocycles. The lowest BCUT2D eigenvalue weighted by Gasteiger charge is -2.13. The van der Waals surface area contributed by atoms with Crippen LogP contribution in [0.25, 0.3) is 5.69 Å². The van der Waals surface area contributed by atoms with E-state index < -0.39 is 5.91 Å². The molecule has 0 saturated carbocycles. The van der Waals surface area contributed by atoms with Crippen molar-refractivity contribution in [2.24, 2.45) is 5.10 Å². The van der Waals surface area contributed by atoms with Gasteiger partial charge in [-0.15, -0.1) is 0 Å². The zero-order valence-corrected chi connectivity index (χ0v) is 14.0. The Morgan fingerprint density at radius 3 is 2.87 bits per heavy atom. The van der Waals surface area contributed by atoms with Gasteiger partial charge in [-0.05, 0) is 44.5 Å². The number of halogens is 1. The third kappa shape index (κ3) is 3.61. The average molecular weight is 329 g/mol. The number of carbonyl (C=O) groups is 1. The number of hydrazone groups is 1. The Bertz CT molecular complexity index is 815. The van der Waals surface area contributed by atoms with Crippen LogP contribution in [0.4, 0.5) is 0 Å². The second-order valence-corrected chi connectivity index (χ2v) is 5.58. The molecule has 2 rings (SSSR count). The summed E-state index contributed by atoms with van der Waals surface area (Å²) in [5.41, 5.74) is 7.26. The van der Waals surface area contributed by atoms with Crippen molar-refractivity contribution in [3.63, 3.8) is 0 Å². The first-order valence-corrected chi connectivity index (χ1v) is 7.46. The highest BCUT2D eigenvalue weighted by Crippen LogP contribution is 2.26. The Morgan fingerprint density at radius 2 is 2.17 bits per heavy atom. The molecule has 5 nitrogen and oxygen atoms in total. The molecule has 0 aliphatic carbocycles. The normalized spacial score (nSPS) is 10.7. The van der Waals surface area contributed by atoms with Gasteiger partial charge in [-0.1, -0.05) is 17.7 Å². The molecule has 6 heteroatoms. The number of hydrogen-bond donors (Lipinski definition) is 1. The highest BCUT2D eigenvalue weighted by Gasteiger charge is 2.12. The summed E-state index contributed by atoms with van der Waals surface area (Å²) in [6.07, 6.45) is 1.37. The minimum absolute atomic E-state index is 0.210. The molecule has 1 amide bonds. The van der Waals surface area contributed by atoms with Gasteiger partial charge in [0.15, 0.2) is 0 Å². The molecule has 0 saturated heterocycles. The lowest BCUT2D eigenvalue weighted by atomic mass is 10.2. The van der Waals surface area contributed by atoms with Gasteiger partial charge in [0.2, 0.25) is 0 Å². The van der Waals surface area contributed by atoms with E-state index in [9.17, 15) is 4.79 Å². The molecule has 0 unspecified atom stereocenters. The van der Waals surface area contributed by atoms with Crippen LogP contribution in [-0.4, -0.2) is 16.7 Å².